The summed E-state index contributed by atoms with van der Waals surface area (Å²) in [5.74, 6) is 1.09. The number of hydrogen-bond acceptors (Lipinski definition) is 3. The first-order valence-corrected chi connectivity index (χ1v) is 10.1. The first kappa shape index (κ1) is 19.6. The van der Waals surface area contributed by atoms with Crippen molar-refractivity contribution in [3.8, 4) is 11.5 Å². The van der Waals surface area contributed by atoms with Crippen molar-refractivity contribution >= 4 is 50.8 Å². The SMILES string of the molecule is COc1ccc(/C=C2\C(=O)Nc3cc(Cl)ccc32)cc1OCc1ccc(Br)cc1. The molecule has 3 aromatic rings. The number of hydrogen-bond donors (Lipinski definition) is 1. The third-order valence-corrected chi connectivity index (χ3v) is 5.33. The first-order chi connectivity index (χ1) is 14.0. The lowest BCUT2D eigenvalue weighted by molar-refractivity contribution is -0.110. The molecular weight excluding hydrogens is 454 g/mol. The molecule has 146 valence electrons. The van der Waals surface area contributed by atoms with Crippen molar-refractivity contribution in [1.29, 1.82) is 0 Å². The number of ether oxygens (including phenoxy) is 2. The molecule has 0 saturated carbocycles. The van der Waals surface area contributed by atoms with E-state index in [1.54, 1.807) is 19.2 Å². The lowest BCUT2D eigenvalue weighted by Crippen LogP contribution is -2.03. The molecule has 1 aliphatic rings. The van der Waals surface area contributed by atoms with Gasteiger partial charge >= 0.3 is 0 Å². The highest BCUT2D eigenvalue weighted by Gasteiger charge is 2.24. The van der Waals surface area contributed by atoms with Crippen molar-refractivity contribution in [2.75, 3.05) is 12.4 Å². The summed E-state index contributed by atoms with van der Waals surface area (Å²) in [4.78, 5) is 12.4. The number of nitrogens with one attached hydrogen (secondary N) is 1. The van der Waals surface area contributed by atoms with Crippen molar-refractivity contribution < 1.29 is 14.3 Å². The van der Waals surface area contributed by atoms with Crippen LogP contribution in [0.5, 0.6) is 11.5 Å². The molecule has 29 heavy (non-hydrogen) atoms. The van der Waals surface area contributed by atoms with E-state index in [2.05, 4.69) is 21.2 Å². The smallest absolute Gasteiger partial charge is 0.256 e. The van der Waals surface area contributed by atoms with Crippen LogP contribution in [0.25, 0.3) is 11.6 Å². The van der Waals surface area contributed by atoms with E-state index in [1.807, 2.05) is 54.6 Å². The van der Waals surface area contributed by atoms with Crippen LogP contribution in [0.2, 0.25) is 5.02 Å². The Balaban J connectivity index is 1.62. The molecule has 4 rings (SSSR count). The average molecular weight is 471 g/mol. The van der Waals surface area contributed by atoms with E-state index < -0.39 is 0 Å². The Morgan fingerprint density at radius 2 is 1.83 bits per heavy atom. The van der Waals surface area contributed by atoms with E-state index >= 15 is 0 Å². The van der Waals surface area contributed by atoms with Crippen LogP contribution >= 0.6 is 27.5 Å². The molecule has 0 aromatic heterocycles. The molecule has 6 heteroatoms. The predicted octanol–water partition coefficient (Wildman–Crippen LogP) is 6.18. The van der Waals surface area contributed by atoms with E-state index in [4.69, 9.17) is 21.1 Å². The number of carbonyl (C=O) groups excluding carboxylic acids is 1. The number of carbonyl (C=O) groups is 1. The van der Waals surface area contributed by atoms with Gasteiger partial charge in [0.2, 0.25) is 0 Å². The van der Waals surface area contributed by atoms with Gasteiger partial charge in [-0.2, -0.15) is 0 Å². The zero-order chi connectivity index (χ0) is 20.4. The van der Waals surface area contributed by atoms with E-state index in [9.17, 15) is 4.79 Å². The predicted molar refractivity (Wildman–Crippen MR) is 119 cm³/mol. The van der Waals surface area contributed by atoms with Crippen LogP contribution in [0, 0.1) is 0 Å². The Kier molecular flexibility index (Phi) is 5.60. The van der Waals surface area contributed by atoms with Gasteiger partial charge in [-0.1, -0.05) is 51.8 Å². The Morgan fingerprint density at radius 3 is 2.59 bits per heavy atom. The number of benzene rings is 3. The molecule has 1 N–H and O–H groups in total. The van der Waals surface area contributed by atoms with Crippen molar-refractivity contribution in [2.45, 2.75) is 6.61 Å². The summed E-state index contributed by atoms with van der Waals surface area (Å²) >= 11 is 9.45. The Morgan fingerprint density at radius 1 is 1.03 bits per heavy atom. The van der Waals surface area contributed by atoms with E-state index in [0.29, 0.717) is 34.4 Å². The zero-order valence-electron chi connectivity index (χ0n) is 15.5. The fourth-order valence-electron chi connectivity index (χ4n) is 3.11. The van der Waals surface area contributed by atoms with E-state index in [0.717, 1.165) is 21.2 Å². The summed E-state index contributed by atoms with van der Waals surface area (Å²) in [5.41, 5.74) is 4.01. The summed E-state index contributed by atoms with van der Waals surface area (Å²) in [6.45, 7) is 0.408. The topological polar surface area (TPSA) is 47.6 Å². The van der Waals surface area contributed by atoms with Gasteiger partial charge in [0.25, 0.3) is 5.91 Å². The maximum atomic E-state index is 12.4. The second-order valence-electron chi connectivity index (χ2n) is 6.53. The van der Waals surface area contributed by atoms with Gasteiger partial charge in [-0.15, -0.1) is 0 Å². The van der Waals surface area contributed by atoms with Crippen LogP contribution in [0.3, 0.4) is 0 Å². The minimum absolute atomic E-state index is 0.157. The normalized spacial score (nSPS) is 13.9. The summed E-state index contributed by atoms with van der Waals surface area (Å²) < 4.78 is 12.4. The Labute approximate surface area is 182 Å². The summed E-state index contributed by atoms with van der Waals surface area (Å²) in [7, 11) is 1.60. The molecule has 1 heterocycles. The van der Waals surface area contributed by atoms with Gasteiger partial charge in [0.1, 0.15) is 6.61 Å². The summed E-state index contributed by atoms with van der Waals surface area (Å²) in [6.07, 6.45) is 1.83. The van der Waals surface area contributed by atoms with Gasteiger partial charge in [0.15, 0.2) is 11.5 Å². The van der Waals surface area contributed by atoms with Crippen LogP contribution in [0.15, 0.2) is 65.1 Å². The standard InChI is InChI=1S/C23H17BrClNO3/c1-28-21-9-4-15(11-22(21)29-13-14-2-5-16(24)6-3-14)10-19-18-8-7-17(25)12-20(18)26-23(19)27/h2-12H,13H2,1H3,(H,26,27)/b19-10-. The lowest BCUT2D eigenvalue weighted by atomic mass is 10.0. The number of halogens is 2. The highest BCUT2D eigenvalue weighted by atomic mass is 79.9. The molecule has 0 atom stereocenters. The van der Waals surface area contributed by atoms with Crippen molar-refractivity contribution in [1.82, 2.24) is 0 Å². The van der Waals surface area contributed by atoms with Gasteiger partial charge in [-0.3, -0.25) is 4.79 Å². The molecule has 0 saturated heterocycles. The van der Waals surface area contributed by atoms with Crippen LogP contribution in [-0.2, 0) is 11.4 Å². The van der Waals surface area contributed by atoms with E-state index in [1.165, 1.54) is 0 Å². The fourth-order valence-corrected chi connectivity index (χ4v) is 3.55. The third kappa shape index (κ3) is 4.31. The maximum Gasteiger partial charge on any atom is 0.256 e. The molecule has 0 aliphatic carbocycles. The van der Waals surface area contributed by atoms with Gasteiger partial charge in [0, 0.05) is 20.6 Å². The third-order valence-electron chi connectivity index (χ3n) is 4.57. The average Bonchev–Trinajstić information content (AvgIpc) is 3.02. The van der Waals surface area contributed by atoms with Crippen LogP contribution in [0.4, 0.5) is 5.69 Å². The second-order valence-corrected chi connectivity index (χ2v) is 7.88. The van der Waals surface area contributed by atoms with Crippen LogP contribution in [0.1, 0.15) is 16.7 Å². The van der Waals surface area contributed by atoms with Crippen molar-refractivity contribution in [3.63, 3.8) is 0 Å². The molecule has 0 radical (unpaired) electrons. The highest BCUT2D eigenvalue weighted by molar-refractivity contribution is 9.10. The van der Waals surface area contributed by atoms with Gasteiger partial charge in [0.05, 0.1) is 12.8 Å². The van der Waals surface area contributed by atoms with Gasteiger partial charge in [-0.05, 0) is 53.6 Å². The summed E-state index contributed by atoms with van der Waals surface area (Å²) in [6, 6.07) is 18.9. The quantitative estimate of drug-likeness (QED) is 0.453. The minimum atomic E-state index is -0.157. The molecule has 0 bridgehead atoms. The Bertz CT molecular complexity index is 1110. The van der Waals surface area contributed by atoms with Crippen molar-refractivity contribution in [3.05, 3.63) is 86.8 Å². The monoisotopic (exact) mass is 469 g/mol. The fraction of sp³-hybridized carbons (Fsp3) is 0.0870. The molecule has 3 aromatic carbocycles. The van der Waals surface area contributed by atoms with Gasteiger partial charge in [-0.25, -0.2) is 0 Å². The molecular formula is C23H17BrClNO3. The van der Waals surface area contributed by atoms with Crippen LogP contribution in [-0.4, -0.2) is 13.0 Å². The number of methoxy groups -OCH3 is 1. The maximum absolute atomic E-state index is 12.4. The second kappa shape index (κ2) is 8.31. The number of anilines is 1. The van der Waals surface area contributed by atoms with Gasteiger partial charge < -0.3 is 14.8 Å². The highest BCUT2D eigenvalue weighted by Crippen LogP contribution is 2.36. The van der Waals surface area contributed by atoms with E-state index in [-0.39, 0.29) is 5.91 Å². The molecule has 4 nitrogen and oxygen atoms in total. The molecule has 0 unspecified atom stereocenters. The molecule has 1 aliphatic heterocycles. The minimum Gasteiger partial charge on any atom is -0.493 e. The molecule has 0 spiro atoms. The first-order valence-electron chi connectivity index (χ1n) is 8.92. The number of fused-ring (bicyclic) bond motifs is 1. The molecule has 1 amide bonds. The Hall–Kier alpha value is -2.76. The lowest BCUT2D eigenvalue weighted by Gasteiger charge is -2.12. The largest absolute Gasteiger partial charge is 0.493 e. The van der Waals surface area contributed by atoms with Crippen LogP contribution < -0.4 is 14.8 Å². The van der Waals surface area contributed by atoms with Crippen molar-refractivity contribution in [2.24, 2.45) is 0 Å². The zero-order valence-corrected chi connectivity index (χ0v) is 17.9. The summed E-state index contributed by atoms with van der Waals surface area (Å²) in [5, 5.41) is 3.43. The number of amides is 1. The molecule has 0 fully saturated rings. The number of rotatable bonds is 5.